The highest BCUT2D eigenvalue weighted by atomic mass is 16.5. The molecule has 0 spiro atoms. The number of amides is 1. The summed E-state index contributed by atoms with van der Waals surface area (Å²) in [4.78, 5) is 24.9. The van der Waals surface area contributed by atoms with Crippen molar-refractivity contribution in [3.63, 3.8) is 0 Å². The molecule has 1 saturated heterocycles. The summed E-state index contributed by atoms with van der Waals surface area (Å²) in [6, 6.07) is 4.52. The molecule has 0 radical (unpaired) electrons. The van der Waals surface area contributed by atoms with Crippen LogP contribution < -0.4 is 9.47 Å². The van der Waals surface area contributed by atoms with Gasteiger partial charge in [-0.15, -0.1) is 0 Å². The van der Waals surface area contributed by atoms with Crippen LogP contribution in [-0.2, 0) is 16.0 Å². The Bertz CT molecular complexity index is 543. The molecule has 1 aliphatic heterocycles. The number of hydrogen-bond donors (Lipinski definition) is 1. The monoisotopic (exact) mass is 293 g/mol. The maximum atomic E-state index is 12.3. The number of methoxy groups -OCH3 is 2. The number of benzene rings is 1. The molecule has 1 heterocycles. The first-order valence-corrected chi connectivity index (χ1v) is 6.80. The fraction of sp³-hybridized carbons (Fsp3) is 0.467. The second kappa shape index (κ2) is 6.47. The predicted octanol–water partition coefficient (Wildman–Crippen LogP) is 1.32. The van der Waals surface area contributed by atoms with Gasteiger partial charge in [0.2, 0.25) is 5.91 Å². The lowest BCUT2D eigenvalue weighted by atomic mass is 10.1. The van der Waals surface area contributed by atoms with Crippen molar-refractivity contribution in [2.75, 3.05) is 20.8 Å². The third-order valence-electron chi connectivity index (χ3n) is 3.69. The number of carboxylic acids is 1. The van der Waals surface area contributed by atoms with Crippen LogP contribution in [0.2, 0.25) is 0 Å². The molecule has 0 unspecified atom stereocenters. The van der Waals surface area contributed by atoms with Gasteiger partial charge in [0.25, 0.3) is 0 Å². The Hall–Kier alpha value is -2.24. The molecule has 6 heteroatoms. The van der Waals surface area contributed by atoms with Crippen LogP contribution in [0, 0.1) is 0 Å². The van der Waals surface area contributed by atoms with E-state index in [0.717, 1.165) is 12.0 Å². The van der Waals surface area contributed by atoms with Gasteiger partial charge in [-0.05, 0) is 18.9 Å². The first-order chi connectivity index (χ1) is 10.1. The largest absolute Gasteiger partial charge is 0.497 e. The number of carbonyl (C=O) groups excluding carboxylic acids is 1. The van der Waals surface area contributed by atoms with Gasteiger partial charge in [0, 0.05) is 18.2 Å². The molecule has 1 amide bonds. The van der Waals surface area contributed by atoms with E-state index in [1.54, 1.807) is 25.3 Å². The second-order valence-electron chi connectivity index (χ2n) is 4.94. The molecular formula is C15H19NO5. The highest BCUT2D eigenvalue weighted by molar-refractivity contribution is 5.86. The molecule has 2 rings (SSSR count). The van der Waals surface area contributed by atoms with Crippen LogP contribution in [-0.4, -0.2) is 48.7 Å². The van der Waals surface area contributed by atoms with Crippen molar-refractivity contribution >= 4 is 11.9 Å². The smallest absolute Gasteiger partial charge is 0.326 e. The van der Waals surface area contributed by atoms with Gasteiger partial charge in [-0.3, -0.25) is 4.79 Å². The van der Waals surface area contributed by atoms with Crippen molar-refractivity contribution in [1.29, 1.82) is 0 Å². The molecule has 1 fully saturated rings. The van der Waals surface area contributed by atoms with Crippen molar-refractivity contribution in [2.45, 2.75) is 25.3 Å². The molecule has 1 aromatic rings. The van der Waals surface area contributed by atoms with Crippen molar-refractivity contribution in [3.05, 3.63) is 23.8 Å². The van der Waals surface area contributed by atoms with Crippen LogP contribution in [0.3, 0.4) is 0 Å². The topological polar surface area (TPSA) is 76.1 Å². The maximum absolute atomic E-state index is 12.3. The quantitative estimate of drug-likeness (QED) is 0.886. The zero-order chi connectivity index (χ0) is 15.4. The Labute approximate surface area is 123 Å². The van der Waals surface area contributed by atoms with Crippen LogP contribution >= 0.6 is 0 Å². The van der Waals surface area contributed by atoms with E-state index in [1.165, 1.54) is 12.0 Å². The van der Waals surface area contributed by atoms with E-state index in [9.17, 15) is 9.59 Å². The lowest BCUT2D eigenvalue weighted by molar-refractivity contribution is -0.148. The van der Waals surface area contributed by atoms with E-state index in [0.29, 0.717) is 24.5 Å². The Balaban J connectivity index is 2.14. The third kappa shape index (κ3) is 3.26. The van der Waals surface area contributed by atoms with Gasteiger partial charge in [-0.1, -0.05) is 6.07 Å². The number of carboxylic acid groups (broad SMARTS) is 1. The van der Waals surface area contributed by atoms with Crippen LogP contribution in [0.1, 0.15) is 18.4 Å². The lowest BCUT2D eigenvalue weighted by Crippen LogP contribution is -2.41. The minimum atomic E-state index is -0.942. The van der Waals surface area contributed by atoms with Gasteiger partial charge in [0.05, 0.1) is 20.6 Å². The Kier molecular flexibility index (Phi) is 4.67. The van der Waals surface area contributed by atoms with E-state index >= 15 is 0 Å². The molecule has 6 nitrogen and oxygen atoms in total. The molecular weight excluding hydrogens is 274 g/mol. The first kappa shape index (κ1) is 15.2. The number of carbonyl (C=O) groups is 2. The SMILES string of the molecule is COc1ccc(CC(=O)N2CCC[C@@H]2C(=O)O)c(OC)c1. The van der Waals surface area contributed by atoms with E-state index in [1.807, 2.05) is 0 Å². The van der Waals surface area contributed by atoms with Gasteiger partial charge in [-0.2, -0.15) is 0 Å². The average Bonchev–Trinajstić information content (AvgIpc) is 2.97. The van der Waals surface area contributed by atoms with E-state index in [2.05, 4.69) is 0 Å². The minimum absolute atomic E-state index is 0.122. The van der Waals surface area contributed by atoms with Crippen LogP contribution in [0.4, 0.5) is 0 Å². The predicted molar refractivity (Wildman–Crippen MR) is 75.6 cm³/mol. The van der Waals surface area contributed by atoms with Crippen molar-refractivity contribution in [1.82, 2.24) is 4.90 Å². The summed E-state index contributed by atoms with van der Waals surface area (Å²) in [6.07, 6.45) is 1.36. The summed E-state index contributed by atoms with van der Waals surface area (Å²) >= 11 is 0. The summed E-state index contributed by atoms with van der Waals surface area (Å²) in [5.41, 5.74) is 0.722. The summed E-state index contributed by atoms with van der Waals surface area (Å²) < 4.78 is 10.4. The van der Waals surface area contributed by atoms with Gasteiger partial charge in [0.15, 0.2) is 0 Å². The molecule has 1 aliphatic rings. The second-order valence-corrected chi connectivity index (χ2v) is 4.94. The van der Waals surface area contributed by atoms with Crippen LogP contribution in [0.25, 0.3) is 0 Å². The van der Waals surface area contributed by atoms with Gasteiger partial charge in [-0.25, -0.2) is 4.79 Å². The molecule has 0 saturated carbocycles. The third-order valence-corrected chi connectivity index (χ3v) is 3.69. The number of ether oxygens (including phenoxy) is 2. The number of hydrogen-bond acceptors (Lipinski definition) is 4. The molecule has 114 valence electrons. The normalized spacial score (nSPS) is 17.6. The van der Waals surface area contributed by atoms with Gasteiger partial charge >= 0.3 is 5.97 Å². The van der Waals surface area contributed by atoms with Crippen LogP contribution in [0.5, 0.6) is 11.5 Å². The van der Waals surface area contributed by atoms with Crippen molar-refractivity contribution < 1.29 is 24.2 Å². The zero-order valence-electron chi connectivity index (χ0n) is 12.2. The molecule has 1 N–H and O–H groups in total. The molecule has 0 aliphatic carbocycles. The molecule has 0 aromatic heterocycles. The number of nitrogens with zero attached hydrogens (tertiary/aromatic N) is 1. The summed E-state index contributed by atoms with van der Waals surface area (Å²) in [5, 5.41) is 9.13. The Morgan fingerprint density at radius 3 is 2.71 bits per heavy atom. The lowest BCUT2D eigenvalue weighted by Gasteiger charge is -2.22. The average molecular weight is 293 g/mol. The Morgan fingerprint density at radius 1 is 1.33 bits per heavy atom. The summed E-state index contributed by atoms with van der Waals surface area (Å²) in [5.74, 6) is 0.0762. The fourth-order valence-electron chi connectivity index (χ4n) is 2.58. The van der Waals surface area contributed by atoms with E-state index in [4.69, 9.17) is 14.6 Å². The molecule has 21 heavy (non-hydrogen) atoms. The van der Waals surface area contributed by atoms with Crippen LogP contribution in [0.15, 0.2) is 18.2 Å². The zero-order valence-corrected chi connectivity index (χ0v) is 12.2. The molecule has 1 atom stereocenters. The highest BCUT2D eigenvalue weighted by Gasteiger charge is 2.33. The standard InChI is InChI=1S/C15H19NO5/c1-20-11-6-5-10(13(9-11)21-2)8-14(17)16-7-3-4-12(16)15(18)19/h5-6,9,12H,3-4,7-8H2,1-2H3,(H,18,19)/t12-/m1/s1. The Morgan fingerprint density at radius 2 is 2.10 bits per heavy atom. The molecule has 1 aromatic carbocycles. The van der Waals surface area contributed by atoms with Gasteiger partial charge in [0.1, 0.15) is 17.5 Å². The minimum Gasteiger partial charge on any atom is -0.497 e. The number of rotatable bonds is 5. The highest BCUT2D eigenvalue weighted by Crippen LogP contribution is 2.26. The fourth-order valence-corrected chi connectivity index (χ4v) is 2.58. The van der Waals surface area contributed by atoms with Gasteiger partial charge < -0.3 is 19.5 Å². The van der Waals surface area contributed by atoms with Crippen molar-refractivity contribution in [3.8, 4) is 11.5 Å². The van der Waals surface area contributed by atoms with Crippen molar-refractivity contribution in [2.24, 2.45) is 0 Å². The number of likely N-dealkylation sites (tertiary alicyclic amines) is 1. The first-order valence-electron chi connectivity index (χ1n) is 6.80. The van der Waals surface area contributed by atoms with E-state index in [-0.39, 0.29) is 12.3 Å². The summed E-state index contributed by atoms with van der Waals surface area (Å²) in [7, 11) is 3.08. The molecule has 0 bridgehead atoms. The number of aliphatic carboxylic acids is 1. The summed E-state index contributed by atoms with van der Waals surface area (Å²) in [6.45, 7) is 0.494. The maximum Gasteiger partial charge on any atom is 0.326 e. The van der Waals surface area contributed by atoms with E-state index < -0.39 is 12.0 Å².